The second-order valence-electron chi connectivity index (χ2n) is 7.03. The largest absolute Gasteiger partial charge is 0.465 e. The summed E-state index contributed by atoms with van der Waals surface area (Å²) in [4.78, 5) is 20.3. The fourth-order valence-corrected chi connectivity index (χ4v) is 3.25. The maximum atomic E-state index is 14.1. The molecule has 0 saturated carbocycles. The van der Waals surface area contributed by atoms with Crippen molar-refractivity contribution >= 4 is 22.6 Å². The molecule has 0 radical (unpaired) electrons. The van der Waals surface area contributed by atoms with Crippen LogP contribution in [0.3, 0.4) is 0 Å². The van der Waals surface area contributed by atoms with Gasteiger partial charge < -0.3 is 14.8 Å². The number of halogens is 2. The molecule has 2 aromatic carbocycles. The maximum Gasteiger partial charge on any atom is 0.337 e. The Balaban J connectivity index is 1.66. The minimum Gasteiger partial charge on any atom is -0.465 e. The number of hydrogen-bond donors (Lipinski definition) is 1. The van der Waals surface area contributed by atoms with Crippen molar-refractivity contribution in [2.45, 2.75) is 13.0 Å². The summed E-state index contributed by atoms with van der Waals surface area (Å²) in [6.45, 7) is 1.93. The van der Waals surface area contributed by atoms with Gasteiger partial charge in [0.05, 0.1) is 18.1 Å². The van der Waals surface area contributed by atoms with Gasteiger partial charge >= 0.3 is 5.97 Å². The van der Waals surface area contributed by atoms with Crippen molar-refractivity contribution in [3.63, 3.8) is 0 Å². The third kappa shape index (κ3) is 4.34. The first-order valence-electron chi connectivity index (χ1n) is 9.77. The topological polar surface area (TPSA) is 73.3 Å². The molecule has 0 bridgehead atoms. The monoisotopic (exact) mass is 435 g/mol. The molecular weight excluding hydrogens is 416 g/mol. The molecule has 0 saturated heterocycles. The molecule has 2 aromatic heterocycles. The zero-order valence-corrected chi connectivity index (χ0v) is 17.3. The number of rotatable bonds is 6. The number of methoxy groups -OCH3 is 1. The van der Waals surface area contributed by atoms with E-state index in [2.05, 4.69) is 15.3 Å². The number of carbonyl (C=O) groups is 1. The number of carbonyl (C=O) groups excluding carboxylic acids is 1. The van der Waals surface area contributed by atoms with E-state index in [4.69, 9.17) is 9.47 Å². The Labute approximate surface area is 182 Å². The summed E-state index contributed by atoms with van der Waals surface area (Å²) in [7, 11) is 1.33. The van der Waals surface area contributed by atoms with Crippen molar-refractivity contribution in [1.82, 2.24) is 9.97 Å². The van der Waals surface area contributed by atoms with Crippen LogP contribution in [0.4, 0.5) is 14.6 Å². The lowest BCUT2D eigenvalue weighted by molar-refractivity contribution is 0.0600. The number of nitrogens with one attached hydrogen (secondary N) is 1. The summed E-state index contributed by atoms with van der Waals surface area (Å²) >= 11 is 0. The van der Waals surface area contributed by atoms with E-state index in [1.807, 2.05) is 19.1 Å². The van der Waals surface area contributed by atoms with Crippen LogP contribution in [-0.2, 0) is 4.74 Å². The molecule has 0 aliphatic rings. The first-order valence-corrected chi connectivity index (χ1v) is 9.77. The number of ether oxygens (including phenoxy) is 2. The van der Waals surface area contributed by atoms with Crippen LogP contribution < -0.4 is 10.1 Å². The van der Waals surface area contributed by atoms with Crippen molar-refractivity contribution in [1.29, 1.82) is 0 Å². The number of hydrogen-bond acceptors (Lipinski definition) is 6. The van der Waals surface area contributed by atoms with Crippen LogP contribution in [0.15, 0.2) is 67.0 Å². The number of anilines is 1. The van der Waals surface area contributed by atoms with E-state index in [-0.39, 0.29) is 17.7 Å². The summed E-state index contributed by atoms with van der Waals surface area (Å²) in [6.07, 6.45) is 3.18. The van der Waals surface area contributed by atoms with Gasteiger partial charge in [0.25, 0.3) is 0 Å². The fraction of sp³-hybridized carbons (Fsp3) is 0.125. The molecule has 1 atom stereocenters. The van der Waals surface area contributed by atoms with E-state index < -0.39 is 17.6 Å². The van der Waals surface area contributed by atoms with Gasteiger partial charge in [0.2, 0.25) is 5.88 Å². The predicted octanol–water partition coefficient (Wildman–Crippen LogP) is 5.66. The standard InChI is InChI=1S/C24H19F2N3O3/c1-14(15-3-5-17(6-4-15)24(30)31-2)29-22-21-16(9-11-27-22)10-12-28-23(21)32-20-8-7-18(25)13-19(20)26/h3-14H,1-2H3,(H,27,29)/t14-/m0/s1. The normalized spacial score (nSPS) is 11.8. The fourth-order valence-electron chi connectivity index (χ4n) is 3.25. The second-order valence-corrected chi connectivity index (χ2v) is 7.03. The lowest BCUT2D eigenvalue weighted by Gasteiger charge is -2.18. The molecule has 1 N–H and O–H groups in total. The zero-order valence-electron chi connectivity index (χ0n) is 17.3. The summed E-state index contributed by atoms with van der Waals surface area (Å²) in [5.74, 6) is -1.46. The van der Waals surface area contributed by atoms with Crippen molar-refractivity contribution in [2.24, 2.45) is 0 Å². The van der Waals surface area contributed by atoms with Crippen molar-refractivity contribution < 1.29 is 23.0 Å². The minimum atomic E-state index is -0.832. The third-order valence-electron chi connectivity index (χ3n) is 4.93. The maximum absolute atomic E-state index is 14.1. The SMILES string of the molecule is COC(=O)c1ccc([C@H](C)Nc2nccc3ccnc(Oc4ccc(F)cc4F)c23)cc1. The van der Waals surface area contributed by atoms with E-state index in [9.17, 15) is 13.6 Å². The highest BCUT2D eigenvalue weighted by molar-refractivity contribution is 5.96. The van der Waals surface area contributed by atoms with Gasteiger partial charge in [-0.05, 0) is 54.3 Å². The Hall–Kier alpha value is -4.07. The third-order valence-corrected chi connectivity index (χ3v) is 4.93. The van der Waals surface area contributed by atoms with Crippen molar-refractivity contribution in [2.75, 3.05) is 12.4 Å². The van der Waals surface area contributed by atoms with Gasteiger partial charge in [-0.25, -0.2) is 23.5 Å². The number of benzene rings is 2. The Bertz CT molecular complexity index is 1270. The molecular formula is C24H19F2N3O3. The Morgan fingerprint density at radius 1 is 1.00 bits per heavy atom. The van der Waals surface area contributed by atoms with Crippen molar-refractivity contribution in [3.8, 4) is 11.6 Å². The number of nitrogens with zero attached hydrogens (tertiary/aromatic N) is 2. The molecule has 0 fully saturated rings. The highest BCUT2D eigenvalue weighted by atomic mass is 19.1. The molecule has 0 aliphatic carbocycles. The number of esters is 1. The molecule has 0 aliphatic heterocycles. The molecule has 8 heteroatoms. The van der Waals surface area contributed by atoms with E-state index in [0.717, 1.165) is 23.1 Å². The average Bonchev–Trinajstić information content (AvgIpc) is 2.80. The van der Waals surface area contributed by atoms with Crippen LogP contribution in [0, 0.1) is 11.6 Å². The van der Waals surface area contributed by atoms with E-state index >= 15 is 0 Å². The van der Waals surface area contributed by atoms with E-state index in [0.29, 0.717) is 16.8 Å². The second kappa shape index (κ2) is 8.97. The molecule has 32 heavy (non-hydrogen) atoms. The summed E-state index contributed by atoms with van der Waals surface area (Å²) in [5.41, 5.74) is 1.36. The van der Waals surface area contributed by atoms with Gasteiger partial charge in [0.15, 0.2) is 11.6 Å². The smallest absolute Gasteiger partial charge is 0.337 e. The molecule has 0 unspecified atom stereocenters. The van der Waals surface area contributed by atoms with Gasteiger partial charge in [-0.15, -0.1) is 0 Å². The first-order chi connectivity index (χ1) is 15.5. The molecule has 4 rings (SSSR count). The molecule has 0 amide bonds. The van der Waals surface area contributed by atoms with Crippen LogP contribution in [0.25, 0.3) is 10.8 Å². The van der Waals surface area contributed by atoms with Crippen LogP contribution in [-0.4, -0.2) is 23.0 Å². The van der Waals surface area contributed by atoms with Gasteiger partial charge in [-0.3, -0.25) is 0 Å². The van der Waals surface area contributed by atoms with Crippen LogP contribution in [0.2, 0.25) is 0 Å². The van der Waals surface area contributed by atoms with Crippen LogP contribution in [0.5, 0.6) is 11.6 Å². The summed E-state index contributed by atoms with van der Waals surface area (Å²) in [6, 6.07) is 13.5. The molecule has 4 aromatic rings. The number of pyridine rings is 2. The van der Waals surface area contributed by atoms with Crippen LogP contribution >= 0.6 is 0 Å². The minimum absolute atomic E-state index is 0.136. The highest BCUT2D eigenvalue weighted by Crippen LogP contribution is 2.34. The average molecular weight is 435 g/mol. The van der Waals surface area contributed by atoms with Gasteiger partial charge in [0.1, 0.15) is 11.6 Å². The summed E-state index contributed by atoms with van der Waals surface area (Å²) < 4.78 is 37.8. The van der Waals surface area contributed by atoms with Gasteiger partial charge in [-0.1, -0.05) is 12.1 Å². The van der Waals surface area contributed by atoms with Crippen LogP contribution in [0.1, 0.15) is 28.9 Å². The van der Waals surface area contributed by atoms with E-state index in [1.54, 1.807) is 30.5 Å². The zero-order chi connectivity index (χ0) is 22.7. The van der Waals surface area contributed by atoms with Crippen molar-refractivity contribution in [3.05, 3.63) is 89.8 Å². The molecule has 2 heterocycles. The predicted molar refractivity (Wildman–Crippen MR) is 116 cm³/mol. The number of aromatic nitrogens is 2. The van der Waals surface area contributed by atoms with Gasteiger partial charge in [-0.2, -0.15) is 0 Å². The molecule has 162 valence electrons. The van der Waals surface area contributed by atoms with E-state index in [1.165, 1.54) is 19.4 Å². The Kier molecular flexibility index (Phi) is 5.93. The molecule has 0 spiro atoms. The lowest BCUT2D eigenvalue weighted by Crippen LogP contribution is -2.09. The number of fused-ring (bicyclic) bond motifs is 1. The first kappa shape index (κ1) is 21.2. The van der Waals surface area contributed by atoms with Gasteiger partial charge in [0, 0.05) is 24.5 Å². The Morgan fingerprint density at radius 2 is 1.72 bits per heavy atom. The summed E-state index contributed by atoms with van der Waals surface area (Å²) in [5, 5.41) is 4.65. The Morgan fingerprint density at radius 3 is 2.41 bits per heavy atom. The highest BCUT2D eigenvalue weighted by Gasteiger charge is 2.16. The lowest BCUT2D eigenvalue weighted by atomic mass is 10.1. The molecule has 6 nitrogen and oxygen atoms in total. The quantitative estimate of drug-likeness (QED) is 0.394.